The third-order valence-electron chi connectivity index (χ3n) is 3.08. The monoisotopic (exact) mass is 329 g/mol. The van der Waals surface area contributed by atoms with Crippen LogP contribution in [0.5, 0.6) is 0 Å². The van der Waals surface area contributed by atoms with Crippen molar-refractivity contribution >= 4 is 34.4 Å². The Morgan fingerprint density at radius 1 is 1.09 bits per heavy atom. The highest BCUT2D eigenvalue weighted by Gasteiger charge is 2.08. The molecule has 0 radical (unpaired) electrons. The molecule has 4 nitrogen and oxygen atoms in total. The normalized spacial score (nSPS) is 10.4. The van der Waals surface area contributed by atoms with E-state index in [9.17, 15) is 4.79 Å². The lowest BCUT2D eigenvalue weighted by molar-refractivity contribution is 0.103. The van der Waals surface area contributed by atoms with E-state index >= 15 is 0 Å². The maximum Gasteiger partial charge on any atom is 0.193 e. The minimum Gasteiger partial charge on any atom is -0.380 e. The van der Waals surface area contributed by atoms with E-state index in [1.54, 1.807) is 30.7 Å². The van der Waals surface area contributed by atoms with Gasteiger partial charge in [-0.2, -0.15) is 0 Å². The molecule has 0 saturated carbocycles. The summed E-state index contributed by atoms with van der Waals surface area (Å²) in [5.41, 5.74) is 2.23. The van der Waals surface area contributed by atoms with Gasteiger partial charge in [-0.1, -0.05) is 11.6 Å². The van der Waals surface area contributed by atoms with Crippen molar-refractivity contribution in [3.05, 3.63) is 75.5 Å². The number of nitrogens with zero attached hydrogens (tertiary/aromatic N) is 2. The van der Waals surface area contributed by atoms with E-state index < -0.39 is 0 Å². The zero-order valence-corrected chi connectivity index (χ0v) is 13.1. The van der Waals surface area contributed by atoms with Crippen LogP contribution in [-0.2, 0) is 6.54 Å². The predicted octanol–water partition coefficient (Wildman–Crippen LogP) is 4.03. The number of hydrogen-bond acceptors (Lipinski definition) is 5. The minimum absolute atomic E-state index is 0.0109. The number of benzene rings is 1. The van der Waals surface area contributed by atoms with Gasteiger partial charge in [0.2, 0.25) is 0 Å². The predicted molar refractivity (Wildman–Crippen MR) is 88.6 cm³/mol. The van der Waals surface area contributed by atoms with Gasteiger partial charge in [-0.25, -0.2) is 4.98 Å². The lowest BCUT2D eigenvalue weighted by Gasteiger charge is -2.06. The zero-order valence-electron chi connectivity index (χ0n) is 11.5. The number of hydrogen-bond donors (Lipinski definition) is 1. The standard InChI is InChI=1S/C16H12ClN3OS/c17-16-20-10-14(22-16)9-19-13-3-1-11(2-4-13)15(21)12-5-7-18-8-6-12/h1-8,10,19H,9H2. The van der Waals surface area contributed by atoms with Crippen molar-refractivity contribution in [1.82, 2.24) is 9.97 Å². The van der Waals surface area contributed by atoms with Crippen molar-refractivity contribution in [3.8, 4) is 0 Å². The first-order valence-corrected chi connectivity index (χ1v) is 7.81. The summed E-state index contributed by atoms with van der Waals surface area (Å²) in [6.07, 6.45) is 4.98. The molecule has 2 heterocycles. The second-order valence-electron chi connectivity index (χ2n) is 4.58. The number of nitrogens with one attached hydrogen (secondary N) is 1. The van der Waals surface area contributed by atoms with Gasteiger partial charge in [0.05, 0.1) is 6.54 Å². The van der Waals surface area contributed by atoms with Crippen LogP contribution in [0, 0.1) is 0 Å². The fourth-order valence-electron chi connectivity index (χ4n) is 1.96. The van der Waals surface area contributed by atoms with Crippen LogP contribution in [0.4, 0.5) is 5.69 Å². The number of pyridine rings is 1. The number of anilines is 1. The van der Waals surface area contributed by atoms with Gasteiger partial charge in [-0.05, 0) is 36.4 Å². The molecule has 6 heteroatoms. The van der Waals surface area contributed by atoms with Crippen LogP contribution in [0.25, 0.3) is 0 Å². The molecule has 2 aromatic heterocycles. The fraction of sp³-hybridized carbons (Fsp3) is 0.0625. The average molecular weight is 330 g/mol. The van der Waals surface area contributed by atoms with E-state index in [2.05, 4.69) is 15.3 Å². The van der Waals surface area contributed by atoms with Crippen LogP contribution < -0.4 is 5.32 Å². The molecule has 1 aromatic carbocycles. The minimum atomic E-state index is -0.0109. The quantitative estimate of drug-likeness (QED) is 0.718. The second-order valence-corrected chi connectivity index (χ2v) is 6.27. The average Bonchev–Trinajstić information content (AvgIpc) is 2.99. The van der Waals surface area contributed by atoms with Crippen molar-refractivity contribution in [2.75, 3.05) is 5.32 Å². The Hall–Kier alpha value is -2.24. The van der Waals surface area contributed by atoms with Gasteiger partial charge in [0.1, 0.15) is 0 Å². The number of carbonyl (C=O) groups is 1. The molecule has 0 spiro atoms. The van der Waals surface area contributed by atoms with E-state index in [-0.39, 0.29) is 5.78 Å². The second kappa shape index (κ2) is 6.68. The van der Waals surface area contributed by atoms with E-state index in [0.29, 0.717) is 22.1 Å². The molecule has 0 unspecified atom stereocenters. The SMILES string of the molecule is O=C(c1ccncc1)c1ccc(NCc2cnc(Cl)s2)cc1. The Balaban J connectivity index is 1.66. The van der Waals surface area contributed by atoms with Crippen molar-refractivity contribution in [1.29, 1.82) is 0 Å². The molecule has 0 aliphatic rings. The summed E-state index contributed by atoms with van der Waals surface area (Å²) < 4.78 is 0.537. The third-order valence-corrected chi connectivity index (χ3v) is 4.20. The van der Waals surface area contributed by atoms with Gasteiger partial charge < -0.3 is 5.32 Å². The highest BCUT2D eigenvalue weighted by Crippen LogP contribution is 2.19. The van der Waals surface area contributed by atoms with Crippen LogP contribution in [-0.4, -0.2) is 15.8 Å². The fourth-order valence-corrected chi connectivity index (χ4v) is 2.88. The lowest BCUT2D eigenvalue weighted by Crippen LogP contribution is -2.02. The van der Waals surface area contributed by atoms with Gasteiger partial charge in [-0.3, -0.25) is 9.78 Å². The van der Waals surface area contributed by atoms with E-state index in [1.807, 2.05) is 24.3 Å². The smallest absolute Gasteiger partial charge is 0.193 e. The van der Waals surface area contributed by atoms with E-state index in [1.165, 1.54) is 11.3 Å². The van der Waals surface area contributed by atoms with Gasteiger partial charge in [0, 0.05) is 40.3 Å². The van der Waals surface area contributed by atoms with Gasteiger partial charge in [0.25, 0.3) is 0 Å². The molecular weight excluding hydrogens is 318 g/mol. The van der Waals surface area contributed by atoms with E-state index in [0.717, 1.165) is 10.6 Å². The Labute approximate surface area is 136 Å². The zero-order chi connectivity index (χ0) is 15.4. The molecule has 3 aromatic rings. The summed E-state index contributed by atoms with van der Waals surface area (Å²) in [6, 6.07) is 10.8. The third kappa shape index (κ3) is 3.50. The van der Waals surface area contributed by atoms with Crippen LogP contribution in [0.1, 0.15) is 20.8 Å². The Kier molecular flexibility index (Phi) is 4.46. The number of halogens is 1. The van der Waals surface area contributed by atoms with Gasteiger partial charge in [0.15, 0.2) is 10.3 Å². The van der Waals surface area contributed by atoms with Crippen LogP contribution in [0.3, 0.4) is 0 Å². The number of aromatic nitrogens is 2. The molecule has 0 atom stereocenters. The highest BCUT2D eigenvalue weighted by atomic mass is 35.5. The highest BCUT2D eigenvalue weighted by molar-refractivity contribution is 7.15. The molecule has 0 fully saturated rings. The largest absolute Gasteiger partial charge is 0.380 e. The summed E-state index contributed by atoms with van der Waals surface area (Å²) >= 11 is 7.24. The van der Waals surface area contributed by atoms with E-state index in [4.69, 9.17) is 11.6 Å². The Morgan fingerprint density at radius 3 is 2.41 bits per heavy atom. The summed E-state index contributed by atoms with van der Waals surface area (Å²) in [5.74, 6) is -0.0109. The Bertz CT molecular complexity index is 772. The maximum absolute atomic E-state index is 12.3. The molecule has 0 saturated heterocycles. The van der Waals surface area contributed by atoms with Crippen LogP contribution in [0.15, 0.2) is 55.0 Å². The van der Waals surface area contributed by atoms with Crippen LogP contribution in [0.2, 0.25) is 4.47 Å². The maximum atomic E-state index is 12.3. The van der Waals surface area contributed by atoms with Crippen molar-refractivity contribution in [2.24, 2.45) is 0 Å². The molecule has 3 rings (SSSR count). The van der Waals surface area contributed by atoms with Crippen LogP contribution >= 0.6 is 22.9 Å². The number of carbonyl (C=O) groups excluding carboxylic acids is 1. The molecule has 22 heavy (non-hydrogen) atoms. The number of ketones is 1. The summed E-state index contributed by atoms with van der Waals surface area (Å²) in [5, 5.41) is 3.27. The summed E-state index contributed by atoms with van der Waals surface area (Å²) in [6.45, 7) is 0.655. The lowest BCUT2D eigenvalue weighted by atomic mass is 10.0. The molecule has 0 aliphatic carbocycles. The van der Waals surface area contributed by atoms with Gasteiger partial charge in [-0.15, -0.1) is 11.3 Å². The van der Waals surface area contributed by atoms with Crippen molar-refractivity contribution in [3.63, 3.8) is 0 Å². The molecule has 0 bridgehead atoms. The number of rotatable bonds is 5. The topological polar surface area (TPSA) is 54.9 Å². The molecule has 1 N–H and O–H groups in total. The first-order valence-electron chi connectivity index (χ1n) is 6.61. The Morgan fingerprint density at radius 2 is 1.77 bits per heavy atom. The molecule has 0 amide bonds. The van der Waals surface area contributed by atoms with Crippen molar-refractivity contribution < 1.29 is 4.79 Å². The molecule has 110 valence electrons. The van der Waals surface area contributed by atoms with Gasteiger partial charge >= 0.3 is 0 Å². The van der Waals surface area contributed by atoms with Crippen molar-refractivity contribution in [2.45, 2.75) is 6.54 Å². The molecular formula is C16H12ClN3OS. The summed E-state index contributed by atoms with van der Waals surface area (Å²) in [4.78, 5) is 21.2. The first kappa shape index (κ1) is 14.7. The molecule has 0 aliphatic heterocycles. The summed E-state index contributed by atoms with van der Waals surface area (Å²) in [7, 11) is 0. The first-order chi connectivity index (χ1) is 10.7. The number of thiazole rings is 1.